The second kappa shape index (κ2) is 8.95. The van der Waals surface area contributed by atoms with E-state index in [0.29, 0.717) is 33.4 Å². The van der Waals surface area contributed by atoms with Crippen LogP contribution >= 0.6 is 23.2 Å². The van der Waals surface area contributed by atoms with Crippen LogP contribution in [0.15, 0.2) is 42.5 Å². The van der Waals surface area contributed by atoms with Crippen LogP contribution in [0.3, 0.4) is 0 Å². The van der Waals surface area contributed by atoms with E-state index in [9.17, 15) is 4.79 Å². The van der Waals surface area contributed by atoms with Crippen LogP contribution in [-0.4, -0.2) is 36.0 Å². The molecule has 2 fully saturated rings. The SMILES string of the molecule is COc1ccccc1C(=O)NC1CC2CCCC(C1)N2Cc1ccc(Cl)c(Cl)c1. The molecule has 0 spiro atoms. The maximum Gasteiger partial charge on any atom is 0.255 e. The minimum atomic E-state index is -0.0524. The predicted octanol–water partition coefficient (Wildman–Crippen LogP) is 5.32. The van der Waals surface area contributed by atoms with Crippen LogP contribution in [0.5, 0.6) is 5.75 Å². The number of para-hydroxylation sites is 1. The molecule has 2 unspecified atom stereocenters. The second-order valence-corrected chi connectivity index (χ2v) is 8.82. The molecule has 4 rings (SSSR count). The van der Waals surface area contributed by atoms with Crippen molar-refractivity contribution in [2.45, 2.75) is 56.8 Å². The van der Waals surface area contributed by atoms with Crippen molar-refractivity contribution in [3.8, 4) is 5.75 Å². The molecule has 2 atom stereocenters. The van der Waals surface area contributed by atoms with Crippen molar-refractivity contribution in [2.24, 2.45) is 0 Å². The smallest absolute Gasteiger partial charge is 0.255 e. The summed E-state index contributed by atoms with van der Waals surface area (Å²) in [5.41, 5.74) is 1.78. The van der Waals surface area contributed by atoms with Gasteiger partial charge in [0.05, 0.1) is 22.7 Å². The van der Waals surface area contributed by atoms with Gasteiger partial charge >= 0.3 is 0 Å². The van der Waals surface area contributed by atoms with Gasteiger partial charge in [0.2, 0.25) is 0 Å². The summed E-state index contributed by atoms with van der Waals surface area (Å²) in [5.74, 6) is 0.561. The number of carbonyl (C=O) groups excluding carboxylic acids is 1. The topological polar surface area (TPSA) is 41.6 Å². The van der Waals surface area contributed by atoms with Crippen molar-refractivity contribution in [3.63, 3.8) is 0 Å². The minimum Gasteiger partial charge on any atom is -0.496 e. The largest absolute Gasteiger partial charge is 0.496 e. The molecule has 1 N–H and O–H groups in total. The molecule has 2 aromatic carbocycles. The van der Waals surface area contributed by atoms with Gasteiger partial charge in [-0.15, -0.1) is 0 Å². The van der Waals surface area contributed by atoms with Crippen molar-refractivity contribution in [3.05, 3.63) is 63.6 Å². The van der Waals surface area contributed by atoms with E-state index < -0.39 is 0 Å². The summed E-state index contributed by atoms with van der Waals surface area (Å²) >= 11 is 12.3. The monoisotopic (exact) mass is 432 g/mol. The van der Waals surface area contributed by atoms with E-state index in [0.717, 1.165) is 19.4 Å². The number of amides is 1. The average Bonchev–Trinajstić information content (AvgIpc) is 2.71. The first-order chi connectivity index (χ1) is 14.0. The number of nitrogens with zero attached hydrogens (tertiary/aromatic N) is 1. The summed E-state index contributed by atoms with van der Waals surface area (Å²) in [5, 5.41) is 4.45. The lowest BCUT2D eigenvalue weighted by Gasteiger charge is -2.49. The third-order valence-electron chi connectivity index (χ3n) is 6.16. The van der Waals surface area contributed by atoms with E-state index in [1.54, 1.807) is 7.11 Å². The standard InChI is InChI=1S/C23H26Cl2N2O2/c1-29-22-8-3-2-7-19(22)23(28)26-16-12-17-5-4-6-18(13-16)27(17)14-15-9-10-20(24)21(25)11-15/h2-3,7-11,16-18H,4-6,12-14H2,1H3,(H,26,28). The zero-order chi connectivity index (χ0) is 20.4. The van der Waals surface area contributed by atoms with Crippen LogP contribution in [0.25, 0.3) is 0 Å². The van der Waals surface area contributed by atoms with Gasteiger partial charge in [0.25, 0.3) is 5.91 Å². The molecule has 2 saturated heterocycles. The lowest BCUT2D eigenvalue weighted by Crippen LogP contribution is -2.56. The third kappa shape index (κ3) is 4.55. The first kappa shape index (κ1) is 20.5. The summed E-state index contributed by atoms with van der Waals surface area (Å²) in [6.45, 7) is 0.874. The summed E-state index contributed by atoms with van der Waals surface area (Å²) in [4.78, 5) is 15.4. The Morgan fingerprint density at radius 2 is 1.83 bits per heavy atom. The molecular weight excluding hydrogens is 407 g/mol. The van der Waals surface area contributed by atoms with Gasteiger partial charge in [0, 0.05) is 24.7 Å². The highest BCUT2D eigenvalue weighted by atomic mass is 35.5. The number of carbonyl (C=O) groups is 1. The van der Waals surface area contributed by atoms with Crippen molar-refractivity contribution in [2.75, 3.05) is 7.11 Å². The van der Waals surface area contributed by atoms with E-state index in [-0.39, 0.29) is 11.9 Å². The number of hydrogen-bond donors (Lipinski definition) is 1. The van der Waals surface area contributed by atoms with Gasteiger partial charge in [-0.25, -0.2) is 0 Å². The van der Waals surface area contributed by atoms with Gasteiger partial charge in [0.15, 0.2) is 0 Å². The van der Waals surface area contributed by atoms with Crippen LogP contribution in [-0.2, 0) is 6.54 Å². The lowest BCUT2D eigenvalue weighted by molar-refractivity contribution is 0.0177. The van der Waals surface area contributed by atoms with Crippen molar-refractivity contribution in [1.82, 2.24) is 10.2 Å². The molecule has 4 nitrogen and oxygen atoms in total. The number of methoxy groups -OCH3 is 1. The number of fused-ring (bicyclic) bond motifs is 2. The van der Waals surface area contributed by atoms with Crippen molar-refractivity contribution < 1.29 is 9.53 Å². The Balaban J connectivity index is 1.44. The van der Waals surface area contributed by atoms with Gasteiger partial charge in [-0.1, -0.05) is 47.8 Å². The Hall–Kier alpha value is -1.75. The quantitative estimate of drug-likeness (QED) is 0.694. The molecule has 2 aliphatic heterocycles. The number of rotatable bonds is 5. The van der Waals surface area contributed by atoms with Crippen molar-refractivity contribution in [1.29, 1.82) is 0 Å². The number of nitrogens with one attached hydrogen (secondary N) is 1. The molecule has 0 radical (unpaired) electrons. The molecule has 154 valence electrons. The summed E-state index contributed by atoms with van der Waals surface area (Å²) in [7, 11) is 1.60. The fourth-order valence-corrected chi connectivity index (χ4v) is 5.12. The molecule has 0 saturated carbocycles. The van der Waals surface area contributed by atoms with Crippen LogP contribution in [0.4, 0.5) is 0 Å². The molecule has 1 amide bonds. The first-order valence-electron chi connectivity index (χ1n) is 10.2. The predicted molar refractivity (Wildman–Crippen MR) is 117 cm³/mol. The van der Waals surface area contributed by atoms with Crippen LogP contribution in [0, 0.1) is 0 Å². The Bertz CT molecular complexity index is 875. The highest BCUT2D eigenvalue weighted by Gasteiger charge is 2.38. The van der Waals surface area contributed by atoms with Gasteiger partial charge in [-0.3, -0.25) is 9.69 Å². The molecule has 0 aromatic heterocycles. The molecule has 2 aromatic rings. The van der Waals surface area contributed by atoms with Gasteiger partial charge in [-0.05, 0) is 55.5 Å². The molecule has 2 heterocycles. The maximum absolute atomic E-state index is 12.8. The lowest BCUT2D eigenvalue weighted by atomic mass is 9.81. The Kier molecular flexibility index (Phi) is 6.33. The van der Waals surface area contributed by atoms with E-state index in [2.05, 4.69) is 16.3 Å². The fourth-order valence-electron chi connectivity index (χ4n) is 4.80. The summed E-state index contributed by atoms with van der Waals surface area (Å²) in [6, 6.07) is 14.4. The normalized spacial score (nSPS) is 24.2. The van der Waals surface area contributed by atoms with Crippen LogP contribution < -0.4 is 10.1 Å². The molecule has 2 bridgehead atoms. The van der Waals surface area contributed by atoms with E-state index >= 15 is 0 Å². The summed E-state index contributed by atoms with van der Waals surface area (Å²) < 4.78 is 5.34. The maximum atomic E-state index is 12.8. The van der Waals surface area contributed by atoms with Crippen LogP contribution in [0.2, 0.25) is 10.0 Å². The van der Waals surface area contributed by atoms with Gasteiger partial charge < -0.3 is 10.1 Å². The second-order valence-electron chi connectivity index (χ2n) is 8.00. The number of hydrogen-bond acceptors (Lipinski definition) is 3. The Morgan fingerprint density at radius 3 is 2.52 bits per heavy atom. The number of piperidine rings is 2. The fraction of sp³-hybridized carbons (Fsp3) is 0.435. The molecule has 0 aliphatic carbocycles. The van der Waals surface area contributed by atoms with E-state index in [1.165, 1.54) is 24.8 Å². The Morgan fingerprint density at radius 1 is 1.10 bits per heavy atom. The number of ether oxygens (including phenoxy) is 1. The summed E-state index contributed by atoms with van der Waals surface area (Å²) in [6.07, 6.45) is 5.52. The zero-order valence-electron chi connectivity index (χ0n) is 16.5. The molecule has 6 heteroatoms. The van der Waals surface area contributed by atoms with Crippen molar-refractivity contribution >= 4 is 29.1 Å². The highest BCUT2D eigenvalue weighted by Crippen LogP contribution is 2.36. The average molecular weight is 433 g/mol. The number of halogens is 2. The van der Waals surface area contributed by atoms with E-state index in [4.69, 9.17) is 27.9 Å². The minimum absolute atomic E-state index is 0.0524. The van der Waals surface area contributed by atoms with E-state index in [1.807, 2.05) is 36.4 Å². The van der Waals surface area contributed by atoms with Gasteiger partial charge in [-0.2, -0.15) is 0 Å². The highest BCUT2D eigenvalue weighted by molar-refractivity contribution is 6.42. The zero-order valence-corrected chi connectivity index (χ0v) is 18.0. The Labute approximate surface area is 182 Å². The molecular formula is C23H26Cl2N2O2. The first-order valence-corrected chi connectivity index (χ1v) is 10.9. The van der Waals surface area contributed by atoms with Gasteiger partial charge in [0.1, 0.15) is 5.75 Å². The molecule has 2 aliphatic rings. The van der Waals surface area contributed by atoms with Crippen LogP contribution in [0.1, 0.15) is 48.0 Å². The molecule has 29 heavy (non-hydrogen) atoms. The third-order valence-corrected chi connectivity index (χ3v) is 6.90. The number of benzene rings is 2.